The quantitative estimate of drug-likeness (QED) is 0.759. The van der Waals surface area contributed by atoms with Crippen LogP contribution in [0.4, 0.5) is 5.69 Å². The van der Waals surface area contributed by atoms with Crippen LogP contribution < -0.4 is 9.62 Å². The number of nitrogens with one attached hydrogen (secondary N) is 1. The number of hydrogen-bond donors (Lipinski definition) is 1. The maximum Gasteiger partial charge on any atom is 0.232 e. The average Bonchev–Trinajstić information content (AvgIpc) is 2.44. The lowest BCUT2D eigenvalue weighted by Gasteiger charge is -2.26. The van der Waals surface area contributed by atoms with E-state index >= 15 is 0 Å². The van der Waals surface area contributed by atoms with Crippen molar-refractivity contribution in [2.75, 3.05) is 23.7 Å². The highest BCUT2D eigenvalue weighted by atomic mass is 35.5. The van der Waals surface area contributed by atoms with E-state index in [4.69, 9.17) is 11.6 Å². The van der Waals surface area contributed by atoms with E-state index in [1.807, 2.05) is 33.8 Å². The first kappa shape index (κ1) is 20.8. The predicted octanol–water partition coefficient (Wildman–Crippen LogP) is 3.28. The van der Waals surface area contributed by atoms with E-state index in [0.717, 1.165) is 30.2 Å². The summed E-state index contributed by atoms with van der Waals surface area (Å²) in [5.74, 6) is -0.0819. The lowest BCUT2D eigenvalue weighted by atomic mass is 10.0. The van der Waals surface area contributed by atoms with Gasteiger partial charge in [-0.15, -0.1) is 0 Å². The first-order chi connectivity index (χ1) is 11.1. The molecule has 1 aromatic rings. The molecule has 0 saturated heterocycles. The Kier molecular flexibility index (Phi) is 7.55. The molecular formula is C17H27ClN2O3S. The molecule has 1 amide bonds. The molecule has 0 spiro atoms. The van der Waals surface area contributed by atoms with Gasteiger partial charge in [-0.1, -0.05) is 31.5 Å². The topological polar surface area (TPSA) is 66.5 Å². The van der Waals surface area contributed by atoms with Crippen molar-refractivity contribution in [1.29, 1.82) is 0 Å². The van der Waals surface area contributed by atoms with Gasteiger partial charge in [-0.25, -0.2) is 8.42 Å². The zero-order chi connectivity index (χ0) is 18.5. The second-order valence-electron chi connectivity index (χ2n) is 6.05. The molecule has 1 aromatic carbocycles. The SMILES string of the molecule is CCC(CC)C(=O)NCCN(c1c(C)cc(C)cc1Cl)S(C)(=O)=O. The van der Waals surface area contributed by atoms with Gasteiger partial charge in [-0.3, -0.25) is 9.10 Å². The molecule has 0 heterocycles. The van der Waals surface area contributed by atoms with Crippen LogP contribution in [0.1, 0.15) is 37.8 Å². The van der Waals surface area contributed by atoms with Crippen LogP contribution in [0.2, 0.25) is 5.02 Å². The smallest absolute Gasteiger partial charge is 0.232 e. The lowest BCUT2D eigenvalue weighted by molar-refractivity contribution is -0.125. The summed E-state index contributed by atoms with van der Waals surface area (Å²) < 4.78 is 25.7. The van der Waals surface area contributed by atoms with E-state index in [9.17, 15) is 13.2 Å². The minimum Gasteiger partial charge on any atom is -0.354 e. The Morgan fingerprint density at radius 1 is 1.25 bits per heavy atom. The number of rotatable bonds is 8. The zero-order valence-electron chi connectivity index (χ0n) is 15.0. The number of carbonyl (C=O) groups excluding carboxylic acids is 1. The van der Waals surface area contributed by atoms with Crippen LogP contribution in [-0.2, 0) is 14.8 Å². The van der Waals surface area contributed by atoms with Gasteiger partial charge in [0.25, 0.3) is 0 Å². The molecule has 24 heavy (non-hydrogen) atoms. The Morgan fingerprint density at radius 3 is 2.29 bits per heavy atom. The molecule has 0 aliphatic carbocycles. The Bertz CT molecular complexity index is 662. The number of amides is 1. The minimum absolute atomic E-state index is 0.0404. The number of aryl methyl sites for hydroxylation is 2. The van der Waals surface area contributed by atoms with E-state index in [1.165, 1.54) is 4.31 Å². The van der Waals surface area contributed by atoms with Crippen molar-refractivity contribution in [2.45, 2.75) is 40.5 Å². The molecule has 0 unspecified atom stereocenters. The number of nitrogens with zero attached hydrogens (tertiary/aromatic N) is 1. The molecule has 0 aromatic heterocycles. The van der Waals surface area contributed by atoms with Crippen molar-refractivity contribution in [3.8, 4) is 0 Å². The Labute approximate surface area is 150 Å². The summed E-state index contributed by atoms with van der Waals surface area (Å²) in [7, 11) is -3.51. The summed E-state index contributed by atoms with van der Waals surface area (Å²) in [6, 6.07) is 3.63. The molecule has 7 heteroatoms. The number of halogens is 1. The van der Waals surface area contributed by atoms with Gasteiger partial charge >= 0.3 is 0 Å². The first-order valence-electron chi connectivity index (χ1n) is 8.13. The maximum absolute atomic E-state index is 12.2. The van der Waals surface area contributed by atoms with Crippen LogP contribution in [0.5, 0.6) is 0 Å². The largest absolute Gasteiger partial charge is 0.354 e. The maximum atomic E-state index is 12.2. The second kappa shape index (κ2) is 8.72. The second-order valence-corrected chi connectivity index (χ2v) is 8.37. The molecule has 0 saturated carbocycles. The van der Waals surface area contributed by atoms with Gasteiger partial charge in [-0.2, -0.15) is 0 Å². The molecule has 1 rings (SSSR count). The Hall–Kier alpha value is -1.27. The summed E-state index contributed by atoms with van der Waals surface area (Å²) in [5.41, 5.74) is 2.23. The highest BCUT2D eigenvalue weighted by Crippen LogP contribution is 2.32. The van der Waals surface area contributed by atoms with Crippen molar-refractivity contribution in [2.24, 2.45) is 5.92 Å². The van der Waals surface area contributed by atoms with Crippen LogP contribution in [0.15, 0.2) is 12.1 Å². The van der Waals surface area contributed by atoms with Crippen molar-refractivity contribution >= 4 is 33.2 Å². The summed E-state index contributed by atoms with van der Waals surface area (Å²) in [4.78, 5) is 12.0. The van der Waals surface area contributed by atoms with Crippen LogP contribution in [0, 0.1) is 19.8 Å². The molecule has 0 bridgehead atoms. The van der Waals surface area contributed by atoms with Crippen LogP contribution >= 0.6 is 11.6 Å². The molecule has 0 aliphatic rings. The molecule has 136 valence electrons. The number of carbonyl (C=O) groups is 1. The van der Waals surface area contributed by atoms with Gasteiger partial charge < -0.3 is 5.32 Å². The first-order valence-corrected chi connectivity index (χ1v) is 10.4. The van der Waals surface area contributed by atoms with Gasteiger partial charge in [0.2, 0.25) is 15.9 Å². The summed E-state index contributed by atoms with van der Waals surface area (Å²) in [6.45, 7) is 8.05. The van der Waals surface area contributed by atoms with E-state index < -0.39 is 10.0 Å². The fourth-order valence-corrected chi connectivity index (χ4v) is 4.22. The van der Waals surface area contributed by atoms with Crippen LogP contribution in [0.3, 0.4) is 0 Å². The predicted molar refractivity (Wildman–Crippen MR) is 100 cm³/mol. The normalized spacial score (nSPS) is 11.6. The minimum atomic E-state index is -3.51. The van der Waals surface area contributed by atoms with Crippen LogP contribution in [0.25, 0.3) is 0 Å². The number of anilines is 1. The van der Waals surface area contributed by atoms with Gasteiger partial charge in [0, 0.05) is 12.5 Å². The van der Waals surface area contributed by atoms with E-state index in [0.29, 0.717) is 10.7 Å². The third-order valence-corrected chi connectivity index (χ3v) is 5.47. The Morgan fingerprint density at radius 2 is 1.83 bits per heavy atom. The van der Waals surface area contributed by atoms with Gasteiger partial charge in [0.1, 0.15) is 0 Å². The summed E-state index contributed by atoms with van der Waals surface area (Å²) in [5, 5.41) is 3.21. The molecule has 0 atom stereocenters. The lowest BCUT2D eigenvalue weighted by Crippen LogP contribution is -2.40. The molecule has 0 radical (unpaired) electrons. The fourth-order valence-electron chi connectivity index (χ4n) is 2.75. The van der Waals surface area contributed by atoms with Crippen LogP contribution in [-0.4, -0.2) is 33.7 Å². The van der Waals surface area contributed by atoms with Gasteiger partial charge in [-0.05, 0) is 43.9 Å². The Balaban J connectivity index is 2.96. The van der Waals surface area contributed by atoms with Crippen molar-refractivity contribution in [3.05, 3.63) is 28.3 Å². The zero-order valence-corrected chi connectivity index (χ0v) is 16.6. The van der Waals surface area contributed by atoms with Crippen molar-refractivity contribution in [1.82, 2.24) is 5.32 Å². The van der Waals surface area contributed by atoms with E-state index in [2.05, 4.69) is 5.32 Å². The summed E-state index contributed by atoms with van der Waals surface area (Å²) in [6.07, 6.45) is 2.67. The highest BCUT2D eigenvalue weighted by molar-refractivity contribution is 7.92. The standard InChI is InChI=1S/C17H27ClN2O3S/c1-6-14(7-2)17(21)19-8-9-20(24(5,22)23)16-13(4)10-12(3)11-15(16)18/h10-11,14H,6-9H2,1-5H3,(H,19,21). The van der Waals surface area contributed by atoms with E-state index in [1.54, 1.807) is 6.07 Å². The number of hydrogen-bond acceptors (Lipinski definition) is 3. The number of sulfonamides is 1. The van der Waals surface area contributed by atoms with Crippen molar-refractivity contribution in [3.63, 3.8) is 0 Å². The van der Waals surface area contributed by atoms with E-state index in [-0.39, 0.29) is 24.9 Å². The molecule has 1 N–H and O–H groups in total. The van der Waals surface area contributed by atoms with Crippen molar-refractivity contribution < 1.29 is 13.2 Å². The molecule has 5 nitrogen and oxygen atoms in total. The third-order valence-electron chi connectivity index (χ3n) is 4.02. The average molecular weight is 375 g/mol. The highest BCUT2D eigenvalue weighted by Gasteiger charge is 2.22. The molecule has 0 fully saturated rings. The van der Waals surface area contributed by atoms with Gasteiger partial charge in [0.15, 0.2) is 0 Å². The monoisotopic (exact) mass is 374 g/mol. The molecular weight excluding hydrogens is 348 g/mol. The number of benzene rings is 1. The molecule has 0 aliphatic heterocycles. The third kappa shape index (κ3) is 5.38. The van der Waals surface area contributed by atoms with Gasteiger partial charge in [0.05, 0.1) is 23.5 Å². The summed E-state index contributed by atoms with van der Waals surface area (Å²) >= 11 is 6.28. The fraction of sp³-hybridized carbons (Fsp3) is 0.588.